The summed E-state index contributed by atoms with van der Waals surface area (Å²) < 4.78 is 1.73. The van der Waals surface area contributed by atoms with Crippen molar-refractivity contribution in [1.29, 1.82) is 0 Å². The molecule has 0 bridgehead atoms. The van der Waals surface area contributed by atoms with E-state index in [2.05, 4.69) is 126 Å². The molecule has 0 aromatic heterocycles. The summed E-state index contributed by atoms with van der Waals surface area (Å²) in [5.41, 5.74) is 4.71. The van der Waals surface area contributed by atoms with E-state index in [1.54, 1.807) is 3.26 Å². The predicted molar refractivity (Wildman–Crippen MR) is 169 cm³/mol. The summed E-state index contributed by atoms with van der Waals surface area (Å²) in [6.45, 7) is 13.6. The van der Waals surface area contributed by atoms with Gasteiger partial charge in [0.1, 0.15) is 0 Å². The Balaban J connectivity index is 0.000000165. The molecule has 1 fully saturated rings. The molecule has 0 nitrogen and oxygen atoms in total. The molecule has 2 aliphatic rings. The molecule has 0 amide bonds. The third-order valence-corrected chi connectivity index (χ3v) is 10.4. The molecule has 0 spiro atoms. The summed E-state index contributed by atoms with van der Waals surface area (Å²) in [5, 5.41) is 5.48. The molecule has 0 heterocycles. The van der Waals surface area contributed by atoms with Crippen LogP contribution in [0.25, 0.3) is 21.5 Å². The number of rotatable bonds is 2. The second-order valence-corrected chi connectivity index (χ2v) is 14.9. The Bertz CT molecular complexity index is 1360. The van der Waals surface area contributed by atoms with Crippen molar-refractivity contribution in [3.8, 4) is 0 Å². The molecule has 4 aromatic carbocycles. The molecular formula is C38H44Hf. The third kappa shape index (κ3) is 7.91. The molecule has 200 valence electrons. The molecule has 1 saturated carbocycles. The van der Waals surface area contributed by atoms with Gasteiger partial charge in [-0.05, 0) is 10.8 Å². The summed E-state index contributed by atoms with van der Waals surface area (Å²) in [7, 11) is 0. The number of fused-ring (bicyclic) bond motifs is 3. The first-order chi connectivity index (χ1) is 18.5. The van der Waals surface area contributed by atoms with Crippen LogP contribution in [0.4, 0.5) is 0 Å². The van der Waals surface area contributed by atoms with E-state index < -0.39 is 0 Å². The summed E-state index contributed by atoms with van der Waals surface area (Å²) in [5.74, 6) is 0.925. The van der Waals surface area contributed by atoms with Crippen molar-refractivity contribution in [2.24, 2.45) is 5.92 Å². The van der Waals surface area contributed by atoms with Gasteiger partial charge in [0.05, 0.1) is 0 Å². The number of hydrogen-bond donors (Lipinski definition) is 0. The van der Waals surface area contributed by atoms with Gasteiger partial charge < -0.3 is 0 Å². The van der Waals surface area contributed by atoms with Gasteiger partial charge in [0.15, 0.2) is 0 Å². The van der Waals surface area contributed by atoms with Crippen LogP contribution in [-0.2, 0) is 34.7 Å². The average molecular weight is 679 g/mol. The van der Waals surface area contributed by atoms with Gasteiger partial charge in [-0.2, -0.15) is 6.08 Å². The number of allylic oxidation sites excluding steroid dienone is 4. The third-order valence-electron chi connectivity index (χ3n) is 7.87. The predicted octanol–water partition coefficient (Wildman–Crippen LogP) is 10.6. The summed E-state index contributed by atoms with van der Waals surface area (Å²) in [6, 6.07) is 27.1. The Morgan fingerprint density at radius 2 is 1.31 bits per heavy atom. The monoisotopic (exact) mass is 680 g/mol. The van der Waals surface area contributed by atoms with E-state index in [1.807, 2.05) is 12.2 Å². The van der Waals surface area contributed by atoms with Crippen LogP contribution in [0.2, 0.25) is 0 Å². The van der Waals surface area contributed by atoms with Crippen LogP contribution in [0.15, 0.2) is 91.0 Å². The molecule has 2 aliphatic carbocycles. The van der Waals surface area contributed by atoms with Crippen molar-refractivity contribution in [2.45, 2.75) is 84.5 Å². The Labute approximate surface area is 251 Å². The quantitative estimate of drug-likeness (QED) is 0.146. The van der Waals surface area contributed by atoms with Crippen molar-refractivity contribution < 1.29 is 23.9 Å². The van der Waals surface area contributed by atoms with Crippen molar-refractivity contribution in [1.82, 2.24) is 0 Å². The van der Waals surface area contributed by atoms with E-state index in [4.69, 9.17) is 0 Å². The number of benzene rings is 3. The standard InChI is InChI=1S/C21H25.C12H14.C5H5.Hf/c1-20(2,3)16-7-9-18-14(12-16)11-15-13-17(21(4,5)6)8-10-19(15)18;1-2-6-11(7-3-1)10-12-8-4-5-9-12;1-2-4-5-3-1;/h7-13H,1-6H3;1-3,6-7,12H,4-5,8-9H2;1-3H,4H2;/q-1;;-1;+2. The Morgan fingerprint density at radius 3 is 1.72 bits per heavy atom. The van der Waals surface area contributed by atoms with Crippen LogP contribution in [0.1, 0.15) is 90.3 Å². The molecule has 0 unspecified atom stereocenters. The SMILES string of the molecule is CC(C)(C)c1ccc2c(c1)[cH-]c1cc(C(C)(C)C)ccc12.[C-]1=CC=CC1.[Hf+2]=[C](c1ccccc1)C1CCCC1. The van der Waals surface area contributed by atoms with E-state index in [0.29, 0.717) is 0 Å². The van der Waals surface area contributed by atoms with Gasteiger partial charge in [-0.25, -0.2) is 12.2 Å². The first-order valence-electron chi connectivity index (χ1n) is 14.5. The molecule has 0 N–H and O–H groups in total. The molecule has 0 saturated heterocycles. The zero-order valence-corrected chi connectivity index (χ0v) is 28.4. The van der Waals surface area contributed by atoms with Gasteiger partial charge in [0.25, 0.3) is 0 Å². The van der Waals surface area contributed by atoms with Crippen LogP contribution in [-0.4, -0.2) is 3.26 Å². The fourth-order valence-corrected chi connectivity index (χ4v) is 7.00. The molecule has 0 radical (unpaired) electrons. The summed E-state index contributed by atoms with van der Waals surface area (Å²) in [6.07, 6.45) is 15.8. The first-order valence-corrected chi connectivity index (χ1v) is 16.3. The fourth-order valence-electron chi connectivity index (χ4n) is 5.36. The van der Waals surface area contributed by atoms with Crippen LogP contribution in [0.3, 0.4) is 0 Å². The Hall–Kier alpha value is -2.25. The summed E-state index contributed by atoms with van der Waals surface area (Å²) in [4.78, 5) is 0. The normalized spacial score (nSPS) is 15.3. The van der Waals surface area contributed by atoms with Gasteiger partial charge in [-0.3, -0.25) is 6.08 Å². The van der Waals surface area contributed by atoms with Crippen molar-refractivity contribution >= 4 is 24.8 Å². The minimum absolute atomic E-state index is 0.203. The molecule has 1 heteroatoms. The second kappa shape index (κ2) is 12.9. The zero-order valence-electron chi connectivity index (χ0n) is 24.8. The van der Waals surface area contributed by atoms with Crippen LogP contribution >= 0.6 is 0 Å². The maximum atomic E-state index is 2.99. The topological polar surface area (TPSA) is 0 Å². The number of hydrogen-bond acceptors (Lipinski definition) is 0. The Morgan fingerprint density at radius 1 is 0.769 bits per heavy atom. The van der Waals surface area contributed by atoms with E-state index in [0.717, 1.165) is 12.3 Å². The van der Waals surface area contributed by atoms with Crippen molar-refractivity contribution in [3.63, 3.8) is 0 Å². The molecule has 6 rings (SSSR count). The first kappa shape index (κ1) is 29.7. The van der Waals surface area contributed by atoms with Gasteiger partial charge in [-0.15, -0.1) is 46.2 Å². The van der Waals surface area contributed by atoms with Crippen LogP contribution in [0, 0.1) is 12.0 Å². The second-order valence-electron chi connectivity index (χ2n) is 13.0. The Kier molecular flexibility index (Phi) is 9.87. The average Bonchev–Trinajstić information content (AvgIpc) is 3.70. The zero-order chi connectivity index (χ0) is 28.0. The minimum atomic E-state index is 0.203. The molecule has 0 atom stereocenters. The van der Waals surface area contributed by atoms with Gasteiger partial charge in [-0.1, -0.05) is 76.9 Å². The van der Waals surface area contributed by atoms with E-state index in [9.17, 15) is 0 Å². The molecular weight excluding hydrogens is 635 g/mol. The van der Waals surface area contributed by atoms with E-state index in [1.165, 1.54) is 87.8 Å². The van der Waals surface area contributed by atoms with Crippen molar-refractivity contribution in [2.75, 3.05) is 0 Å². The fraction of sp³-hybridized carbons (Fsp3) is 0.368. The van der Waals surface area contributed by atoms with E-state index >= 15 is 0 Å². The van der Waals surface area contributed by atoms with Crippen molar-refractivity contribution in [3.05, 3.63) is 114 Å². The van der Waals surface area contributed by atoms with Crippen LogP contribution in [0.5, 0.6) is 0 Å². The molecule has 0 aliphatic heterocycles. The van der Waals surface area contributed by atoms with E-state index in [-0.39, 0.29) is 10.8 Å². The van der Waals surface area contributed by atoms with Gasteiger partial charge in [0.2, 0.25) is 0 Å². The van der Waals surface area contributed by atoms with Gasteiger partial charge in [0, 0.05) is 0 Å². The molecule has 39 heavy (non-hydrogen) atoms. The summed E-state index contributed by atoms with van der Waals surface area (Å²) >= 11 is 1.24. The van der Waals surface area contributed by atoms with Gasteiger partial charge >= 0.3 is 94.6 Å². The molecule has 4 aromatic rings. The van der Waals surface area contributed by atoms with Crippen LogP contribution < -0.4 is 0 Å². The maximum absolute atomic E-state index is 2.99.